The zero-order valence-corrected chi connectivity index (χ0v) is 13.7. The lowest BCUT2D eigenvalue weighted by atomic mass is 10.1. The highest BCUT2D eigenvalue weighted by atomic mass is 16.5. The Hall–Kier alpha value is -3.26. The van der Waals surface area contributed by atoms with E-state index in [-0.39, 0.29) is 5.96 Å². The summed E-state index contributed by atoms with van der Waals surface area (Å²) in [6, 6.07) is 9.54. The number of carbonyl (C=O) groups excluding carboxylic acids is 1. The van der Waals surface area contributed by atoms with E-state index in [2.05, 4.69) is 15.1 Å². The molecule has 1 amide bonds. The van der Waals surface area contributed by atoms with E-state index >= 15 is 0 Å². The fourth-order valence-electron chi connectivity index (χ4n) is 2.65. The fourth-order valence-corrected chi connectivity index (χ4v) is 2.65. The predicted molar refractivity (Wildman–Crippen MR) is 94.6 cm³/mol. The third-order valence-electron chi connectivity index (χ3n) is 3.72. The van der Waals surface area contributed by atoms with E-state index < -0.39 is 5.91 Å². The van der Waals surface area contributed by atoms with Gasteiger partial charge in [-0.15, -0.1) is 0 Å². The smallest absolute Gasteiger partial charge is 0.283 e. The van der Waals surface area contributed by atoms with Gasteiger partial charge in [0.05, 0.1) is 35.3 Å². The minimum atomic E-state index is -0.532. The molecule has 1 aromatic carbocycles. The number of pyridine rings is 1. The molecule has 0 unspecified atom stereocenters. The topological polar surface area (TPSA) is 121 Å². The van der Waals surface area contributed by atoms with Gasteiger partial charge in [-0.05, 0) is 24.3 Å². The molecule has 8 heteroatoms. The Labute approximate surface area is 144 Å². The standard InChI is InChI=1S/C17H18N6O2/c1-25-9-7-15-12(16(24)22-17(18)19)10-21-23(15)14-6-2-5-13-11(14)4-3-8-20-13/h2-6,8,10H,7,9H2,1H3,(H4,18,19,22,24). The molecule has 0 fully saturated rings. The van der Waals surface area contributed by atoms with Crippen LogP contribution < -0.4 is 11.5 Å². The summed E-state index contributed by atoms with van der Waals surface area (Å²) < 4.78 is 6.87. The van der Waals surface area contributed by atoms with E-state index in [4.69, 9.17) is 16.2 Å². The summed E-state index contributed by atoms with van der Waals surface area (Å²) in [4.78, 5) is 20.3. The number of aromatic nitrogens is 3. The lowest BCUT2D eigenvalue weighted by molar-refractivity contribution is 0.100. The van der Waals surface area contributed by atoms with Gasteiger partial charge in [0.2, 0.25) is 0 Å². The molecule has 0 saturated carbocycles. The Morgan fingerprint density at radius 3 is 2.88 bits per heavy atom. The number of aliphatic imine (C=N–C) groups is 1. The lowest BCUT2D eigenvalue weighted by Crippen LogP contribution is -2.24. The number of guanidine groups is 1. The van der Waals surface area contributed by atoms with Crippen LogP contribution in [0.15, 0.2) is 47.7 Å². The highest BCUT2D eigenvalue weighted by Crippen LogP contribution is 2.23. The maximum absolute atomic E-state index is 12.3. The number of nitrogens with zero attached hydrogens (tertiary/aromatic N) is 4. The highest BCUT2D eigenvalue weighted by Gasteiger charge is 2.19. The van der Waals surface area contributed by atoms with Crippen LogP contribution in [0.2, 0.25) is 0 Å². The first-order valence-electron chi connectivity index (χ1n) is 7.65. The molecule has 8 nitrogen and oxygen atoms in total. The van der Waals surface area contributed by atoms with Crippen LogP contribution in [-0.2, 0) is 11.2 Å². The molecule has 0 aliphatic carbocycles. The van der Waals surface area contributed by atoms with E-state index in [1.807, 2.05) is 30.3 Å². The summed E-state index contributed by atoms with van der Waals surface area (Å²) in [6.45, 7) is 0.427. The van der Waals surface area contributed by atoms with Crippen molar-refractivity contribution >= 4 is 22.8 Å². The number of amides is 1. The Morgan fingerprint density at radius 2 is 2.12 bits per heavy atom. The quantitative estimate of drug-likeness (QED) is 0.529. The van der Waals surface area contributed by atoms with Crippen LogP contribution in [-0.4, -0.2) is 40.3 Å². The first-order valence-corrected chi connectivity index (χ1v) is 7.65. The van der Waals surface area contributed by atoms with Gasteiger partial charge in [0.15, 0.2) is 5.96 Å². The number of hydrogen-bond donors (Lipinski definition) is 2. The summed E-state index contributed by atoms with van der Waals surface area (Å²) in [5.74, 6) is -0.819. The third-order valence-corrected chi connectivity index (χ3v) is 3.72. The normalized spacial score (nSPS) is 10.8. The molecule has 2 aromatic heterocycles. The average molecular weight is 338 g/mol. The molecule has 2 heterocycles. The van der Waals surface area contributed by atoms with Gasteiger partial charge in [0.1, 0.15) is 0 Å². The summed E-state index contributed by atoms with van der Waals surface area (Å²) in [5, 5.41) is 5.30. The minimum absolute atomic E-state index is 0.287. The van der Waals surface area contributed by atoms with Crippen LogP contribution in [0.5, 0.6) is 0 Å². The van der Waals surface area contributed by atoms with E-state index in [0.717, 1.165) is 16.6 Å². The number of ether oxygens (including phenoxy) is 1. The van der Waals surface area contributed by atoms with Crippen molar-refractivity contribution in [2.75, 3.05) is 13.7 Å². The van der Waals surface area contributed by atoms with Crippen LogP contribution in [0, 0.1) is 0 Å². The monoisotopic (exact) mass is 338 g/mol. The van der Waals surface area contributed by atoms with Gasteiger partial charge in [0, 0.05) is 25.1 Å². The van der Waals surface area contributed by atoms with Crippen molar-refractivity contribution in [1.82, 2.24) is 14.8 Å². The third kappa shape index (κ3) is 3.33. The molecule has 0 radical (unpaired) electrons. The second-order valence-corrected chi connectivity index (χ2v) is 5.35. The van der Waals surface area contributed by atoms with Gasteiger partial charge in [-0.25, -0.2) is 4.68 Å². The molecular formula is C17H18N6O2. The number of rotatable bonds is 5. The summed E-state index contributed by atoms with van der Waals surface area (Å²) in [7, 11) is 1.60. The van der Waals surface area contributed by atoms with Crippen molar-refractivity contribution < 1.29 is 9.53 Å². The van der Waals surface area contributed by atoms with E-state index in [9.17, 15) is 4.79 Å². The van der Waals surface area contributed by atoms with Gasteiger partial charge >= 0.3 is 0 Å². The van der Waals surface area contributed by atoms with Crippen molar-refractivity contribution in [2.45, 2.75) is 6.42 Å². The van der Waals surface area contributed by atoms with Crippen LogP contribution in [0.4, 0.5) is 0 Å². The van der Waals surface area contributed by atoms with Crippen LogP contribution in [0.25, 0.3) is 16.6 Å². The molecular weight excluding hydrogens is 320 g/mol. The molecule has 0 aliphatic heterocycles. The molecule has 128 valence electrons. The minimum Gasteiger partial charge on any atom is -0.384 e. The summed E-state index contributed by atoms with van der Waals surface area (Å²) in [6.07, 6.45) is 3.68. The second kappa shape index (κ2) is 7.10. The number of benzene rings is 1. The number of carbonyl (C=O) groups is 1. The van der Waals surface area contributed by atoms with Gasteiger partial charge < -0.3 is 16.2 Å². The SMILES string of the molecule is COCCc1c(C(=O)N=C(N)N)cnn1-c1cccc2ncccc12. The predicted octanol–water partition coefficient (Wildman–Crippen LogP) is 1.02. The largest absolute Gasteiger partial charge is 0.384 e. The van der Waals surface area contributed by atoms with E-state index in [1.165, 1.54) is 6.20 Å². The van der Waals surface area contributed by atoms with Crippen molar-refractivity contribution in [1.29, 1.82) is 0 Å². The zero-order chi connectivity index (χ0) is 17.8. The van der Waals surface area contributed by atoms with Gasteiger partial charge in [0.25, 0.3) is 5.91 Å². The molecule has 0 spiro atoms. The van der Waals surface area contributed by atoms with Crippen molar-refractivity contribution in [3.8, 4) is 5.69 Å². The second-order valence-electron chi connectivity index (χ2n) is 5.35. The van der Waals surface area contributed by atoms with Crippen molar-refractivity contribution in [3.05, 3.63) is 54.0 Å². The number of nitrogens with two attached hydrogens (primary N) is 2. The molecule has 0 bridgehead atoms. The number of fused-ring (bicyclic) bond motifs is 1. The molecule has 4 N–H and O–H groups in total. The van der Waals surface area contributed by atoms with Gasteiger partial charge in [-0.1, -0.05) is 6.07 Å². The van der Waals surface area contributed by atoms with Crippen molar-refractivity contribution in [2.24, 2.45) is 16.5 Å². The Morgan fingerprint density at radius 1 is 1.28 bits per heavy atom. The number of methoxy groups -OCH3 is 1. The van der Waals surface area contributed by atoms with Crippen LogP contribution in [0.3, 0.4) is 0 Å². The molecule has 0 atom stereocenters. The molecule has 3 rings (SSSR count). The first-order chi connectivity index (χ1) is 12.1. The van der Waals surface area contributed by atoms with Crippen molar-refractivity contribution in [3.63, 3.8) is 0 Å². The number of hydrogen-bond acceptors (Lipinski definition) is 4. The van der Waals surface area contributed by atoms with Crippen LogP contribution in [0.1, 0.15) is 16.1 Å². The summed E-state index contributed by atoms with van der Waals surface area (Å²) in [5.41, 5.74) is 13.3. The van der Waals surface area contributed by atoms with E-state index in [1.54, 1.807) is 18.0 Å². The maximum atomic E-state index is 12.3. The fraction of sp³-hybridized carbons (Fsp3) is 0.176. The highest BCUT2D eigenvalue weighted by molar-refractivity contribution is 6.02. The Kier molecular flexibility index (Phi) is 4.71. The van der Waals surface area contributed by atoms with Gasteiger partial charge in [-0.3, -0.25) is 9.78 Å². The van der Waals surface area contributed by atoms with Crippen LogP contribution >= 0.6 is 0 Å². The molecule has 25 heavy (non-hydrogen) atoms. The maximum Gasteiger partial charge on any atom is 0.283 e. The molecule has 0 saturated heterocycles. The molecule has 3 aromatic rings. The lowest BCUT2D eigenvalue weighted by Gasteiger charge is -2.11. The zero-order valence-electron chi connectivity index (χ0n) is 13.7. The van der Waals surface area contributed by atoms with Gasteiger partial charge in [-0.2, -0.15) is 10.1 Å². The van der Waals surface area contributed by atoms with E-state index in [0.29, 0.717) is 24.3 Å². The average Bonchev–Trinajstić information content (AvgIpc) is 3.02. The summed E-state index contributed by atoms with van der Waals surface area (Å²) >= 11 is 0. The Bertz CT molecular complexity index is 938. The first kappa shape index (κ1) is 16.6. The Balaban J connectivity index is 2.17. The molecule has 0 aliphatic rings.